The summed E-state index contributed by atoms with van der Waals surface area (Å²) in [6, 6.07) is 16.5. The van der Waals surface area contributed by atoms with Gasteiger partial charge in [0.15, 0.2) is 18.1 Å². The number of halogens is 2. The predicted octanol–water partition coefficient (Wildman–Crippen LogP) is 6.16. The average Bonchev–Trinajstić information content (AvgIpc) is 2.90. The van der Waals surface area contributed by atoms with Crippen LogP contribution in [0.1, 0.15) is 29.7 Å². The Balaban J connectivity index is 1.58. The van der Waals surface area contributed by atoms with Crippen molar-refractivity contribution in [3.63, 3.8) is 0 Å². The minimum atomic E-state index is -0.337. The molecule has 0 fully saturated rings. The zero-order valence-electron chi connectivity index (χ0n) is 20.6. The fourth-order valence-electron chi connectivity index (χ4n) is 4.32. The van der Waals surface area contributed by atoms with Crippen LogP contribution in [0.25, 0.3) is 0 Å². The smallest absolute Gasteiger partial charge is 0.261 e. The molecule has 3 aromatic rings. The molecule has 0 bridgehead atoms. The van der Waals surface area contributed by atoms with Crippen LogP contribution in [0.4, 0.5) is 0 Å². The first-order chi connectivity index (χ1) is 17.4. The van der Waals surface area contributed by atoms with Crippen molar-refractivity contribution in [2.45, 2.75) is 25.8 Å². The number of ether oxygens (including phenoxy) is 4. The summed E-state index contributed by atoms with van der Waals surface area (Å²) >= 11 is 12.2. The van der Waals surface area contributed by atoms with Crippen molar-refractivity contribution < 1.29 is 23.7 Å². The maximum absolute atomic E-state index is 13.4. The Morgan fingerprint density at radius 3 is 2.33 bits per heavy atom. The van der Waals surface area contributed by atoms with E-state index in [2.05, 4.69) is 6.92 Å². The van der Waals surface area contributed by atoms with E-state index < -0.39 is 0 Å². The summed E-state index contributed by atoms with van der Waals surface area (Å²) in [7, 11) is 3.21. The summed E-state index contributed by atoms with van der Waals surface area (Å²) < 4.78 is 22.9. The number of benzene rings is 3. The van der Waals surface area contributed by atoms with Gasteiger partial charge < -0.3 is 23.8 Å². The summed E-state index contributed by atoms with van der Waals surface area (Å²) in [5, 5.41) is 0.853. The Hall–Kier alpha value is -3.09. The SMILES string of the molecule is CCc1ccc(OCC2c3cc(OC)c(OC)cc3CCN2C(=O)COc2ccc(Cl)cc2Cl)cc1. The second-order valence-electron chi connectivity index (χ2n) is 8.43. The second-order valence-corrected chi connectivity index (χ2v) is 9.27. The molecule has 1 atom stereocenters. The van der Waals surface area contributed by atoms with Crippen LogP contribution in [0.3, 0.4) is 0 Å². The third-order valence-corrected chi connectivity index (χ3v) is 6.84. The van der Waals surface area contributed by atoms with Crippen molar-refractivity contribution in [1.82, 2.24) is 4.90 Å². The van der Waals surface area contributed by atoms with Gasteiger partial charge in [-0.3, -0.25) is 4.79 Å². The highest BCUT2D eigenvalue weighted by Crippen LogP contribution is 2.38. The quantitative estimate of drug-likeness (QED) is 0.332. The van der Waals surface area contributed by atoms with Gasteiger partial charge >= 0.3 is 0 Å². The largest absolute Gasteiger partial charge is 0.493 e. The van der Waals surface area contributed by atoms with Gasteiger partial charge in [0, 0.05) is 11.6 Å². The van der Waals surface area contributed by atoms with E-state index in [4.69, 9.17) is 42.1 Å². The molecular weight excluding hydrogens is 501 g/mol. The van der Waals surface area contributed by atoms with Crippen molar-refractivity contribution in [3.05, 3.63) is 81.3 Å². The van der Waals surface area contributed by atoms with Crippen LogP contribution in [-0.4, -0.2) is 44.8 Å². The first kappa shape index (κ1) is 26.0. The fourth-order valence-corrected chi connectivity index (χ4v) is 4.78. The van der Waals surface area contributed by atoms with E-state index in [0.29, 0.717) is 40.3 Å². The summed E-state index contributed by atoms with van der Waals surface area (Å²) in [4.78, 5) is 15.2. The van der Waals surface area contributed by atoms with Gasteiger partial charge in [-0.1, -0.05) is 42.3 Å². The Kier molecular flexibility index (Phi) is 8.49. The number of methoxy groups -OCH3 is 2. The monoisotopic (exact) mass is 529 g/mol. The third-order valence-electron chi connectivity index (χ3n) is 6.31. The molecule has 0 saturated carbocycles. The van der Waals surface area contributed by atoms with Crippen LogP contribution >= 0.6 is 23.2 Å². The fraction of sp³-hybridized carbons (Fsp3) is 0.321. The number of carbonyl (C=O) groups is 1. The van der Waals surface area contributed by atoms with Gasteiger partial charge in [-0.2, -0.15) is 0 Å². The predicted molar refractivity (Wildman–Crippen MR) is 141 cm³/mol. The summed E-state index contributed by atoms with van der Waals surface area (Å²) in [6.45, 7) is 2.74. The zero-order valence-corrected chi connectivity index (χ0v) is 22.1. The Morgan fingerprint density at radius 1 is 0.944 bits per heavy atom. The van der Waals surface area contributed by atoms with Gasteiger partial charge in [-0.25, -0.2) is 0 Å². The molecule has 190 valence electrons. The highest BCUT2D eigenvalue weighted by molar-refractivity contribution is 6.35. The first-order valence-electron chi connectivity index (χ1n) is 11.8. The van der Waals surface area contributed by atoms with Crippen molar-refractivity contribution in [2.75, 3.05) is 34.0 Å². The Morgan fingerprint density at radius 2 is 1.67 bits per heavy atom. The van der Waals surface area contributed by atoms with E-state index in [1.54, 1.807) is 37.3 Å². The summed E-state index contributed by atoms with van der Waals surface area (Å²) in [5.74, 6) is 2.24. The molecule has 0 saturated heterocycles. The molecule has 36 heavy (non-hydrogen) atoms. The molecule has 8 heteroatoms. The first-order valence-corrected chi connectivity index (χ1v) is 12.5. The molecule has 1 heterocycles. The molecule has 0 N–H and O–H groups in total. The molecule has 1 unspecified atom stereocenters. The molecular formula is C28H29Cl2NO5. The van der Waals surface area contributed by atoms with Crippen LogP contribution in [0, 0.1) is 0 Å². The summed E-state index contributed by atoms with van der Waals surface area (Å²) in [5.41, 5.74) is 3.28. The lowest BCUT2D eigenvalue weighted by molar-refractivity contribution is -0.137. The minimum Gasteiger partial charge on any atom is -0.493 e. The van der Waals surface area contributed by atoms with Crippen LogP contribution in [0.15, 0.2) is 54.6 Å². The molecule has 3 aromatic carbocycles. The van der Waals surface area contributed by atoms with Crippen LogP contribution in [-0.2, 0) is 17.6 Å². The third kappa shape index (κ3) is 5.82. The molecule has 0 aromatic heterocycles. The summed E-state index contributed by atoms with van der Waals surface area (Å²) in [6.07, 6.45) is 1.63. The second kappa shape index (κ2) is 11.8. The molecule has 1 aliphatic rings. The van der Waals surface area contributed by atoms with Gasteiger partial charge in [-0.05, 0) is 72.0 Å². The van der Waals surface area contributed by atoms with Crippen molar-refractivity contribution in [1.29, 1.82) is 0 Å². The van der Waals surface area contributed by atoms with Crippen molar-refractivity contribution in [2.24, 2.45) is 0 Å². The highest BCUT2D eigenvalue weighted by atomic mass is 35.5. The van der Waals surface area contributed by atoms with E-state index in [9.17, 15) is 4.79 Å². The van der Waals surface area contributed by atoms with Gasteiger partial charge in [0.2, 0.25) is 0 Å². The van der Waals surface area contributed by atoms with Crippen molar-refractivity contribution in [3.8, 4) is 23.0 Å². The number of aryl methyl sites for hydroxylation is 1. The van der Waals surface area contributed by atoms with Crippen molar-refractivity contribution >= 4 is 29.1 Å². The van der Waals surface area contributed by atoms with Crippen LogP contribution in [0.5, 0.6) is 23.0 Å². The normalized spacial score (nSPS) is 14.7. The number of hydrogen-bond donors (Lipinski definition) is 0. The molecule has 0 radical (unpaired) electrons. The number of carbonyl (C=O) groups excluding carboxylic acids is 1. The molecule has 0 aliphatic carbocycles. The zero-order chi connectivity index (χ0) is 25.7. The molecule has 1 aliphatic heterocycles. The molecule has 0 spiro atoms. The maximum atomic E-state index is 13.4. The van der Waals surface area contributed by atoms with Gasteiger partial charge in [0.05, 0.1) is 25.3 Å². The number of nitrogens with zero attached hydrogens (tertiary/aromatic N) is 1. The van der Waals surface area contributed by atoms with E-state index in [1.807, 2.05) is 36.4 Å². The molecule has 4 rings (SSSR count). The number of rotatable bonds is 9. The average molecular weight is 530 g/mol. The lowest BCUT2D eigenvalue weighted by Crippen LogP contribution is -2.44. The lowest BCUT2D eigenvalue weighted by Gasteiger charge is -2.37. The topological polar surface area (TPSA) is 57.2 Å². The van der Waals surface area contributed by atoms with Gasteiger partial charge in [-0.15, -0.1) is 0 Å². The minimum absolute atomic E-state index is 0.161. The van der Waals surface area contributed by atoms with Gasteiger partial charge in [0.1, 0.15) is 18.1 Å². The lowest BCUT2D eigenvalue weighted by atomic mass is 9.92. The van der Waals surface area contributed by atoms with Crippen LogP contribution in [0.2, 0.25) is 10.0 Å². The van der Waals surface area contributed by atoms with E-state index in [-0.39, 0.29) is 25.2 Å². The van der Waals surface area contributed by atoms with E-state index >= 15 is 0 Å². The standard InChI is InChI=1S/C28H29Cl2NO5/c1-4-18-5-8-21(9-6-18)35-16-24-22-15-27(34-3)26(33-2)13-19(22)11-12-31(24)28(32)17-36-25-10-7-20(29)14-23(25)30/h5-10,13-15,24H,4,11-12,16-17H2,1-3H3. The highest BCUT2D eigenvalue weighted by Gasteiger charge is 2.33. The Labute approximate surface area is 221 Å². The van der Waals surface area contributed by atoms with E-state index in [0.717, 1.165) is 23.3 Å². The van der Waals surface area contributed by atoms with E-state index in [1.165, 1.54) is 5.56 Å². The molecule has 1 amide bonds. The van der Waals surface area contributed by atoms with Gasteiger partial charge in [0.25, 0.3) is 5.91 Å². The maximum Gasteiger partial charge on any atom is 0.261 e. The Bertz CT molecular complexity index is 1220. The number of amides is 1. The van der Waals surface area contributed by atoms with Crippen LogP contribution < -0.4 is 18.9 Å². The number of hydrogen-bond acceptors (Lipinski definition) is 5. The molecule has 6 nitrogen and oxygen atoms in total. The number of fused-ring (bicyclic) bond motifs is 1.